The van der Waals surface area contributed by atoms with Crippen LogP contribution in [0.15, 0.2) is 49.1 Å². The second-order valence-electron chi connectivity index (χ2n) is 4.93. The molecule has 0 N–H and O–H groups in total. The molecule has 0 aliphatic carbocycles. The Hall–Kier alpha value is -2.62. The molecular formula is C19H22O4. The van der Waals surface area contributed by atoms with Crippen LogP contribution >= 0.6 is 0 Å². The summed E-state index contributed by atoms with van der Waals surface area (Å²) in [4.78, 5) is 0. The zero-order chi connectivity index (χ0) is 16.7. The number of hydrogen-bond acceptors (Lipinski definition) is 4. The predicted octanol–water partition coefficient (Wildman–Crippen LogP) is 3.87. The number of ether oxygens (including phenoxy) is 4. The highest BCUT2D eigenvalue weighted by Crippen LogP contribution is 2.35. The van der Waals surface area contributed by atoms with E-state index in [9.17, 15) is 0 Å². The molecule has 2 rings (SSSR count). The third kappa shape index (κ3) is 4.19. The van der Waals surface area contributed by atoms with E-state index in [-0.39, 0.29) is 0 Å². The molecule has 0 bridgehead atoms. The van der Waals surface area contributed by atoms with Crippen LogP contribution in [0.2, 0.25) is 0 Å². The number of benzene rings is 2. The van der Waals surface area contributed by atoms with E-state index in [0.717, 1.165) is 28.4 Å². The largest absolute Gasteiger partial charge is 0.496 e. The van der Waals surface area contributed by atoms with Gasteiger partial charge in [0, 0.05) is 24.1 Å². The summed E-state index contributed by atoms with van der Waals surface area (Å²) in [6.07, 6.45) is 2.39. The van der Waals surface area contributed by atoms with Gasteiger partial charge in [-0.1, -0.05) is 24.8 Å². The highest BCUT2D eigenvalue weighted by Gasteiger charge is 2.14. The molecule has 2 aromatic rings. The van der Waals surface area contributed by atoms with Gasteiger partial charge < -0.3 is 18.9 Å². The minimum Gasteiger partial charge on any atom is -0.496 e. The normalized spacial score (nSPS) is 10.0. The van der Waals surface area contributed by atoms with Crippen molar-refractivity contribution in [3.8, 4) is 23.0 Å². The minimum absolute atomic E-state index is 0.485. The summed E-state index contributed by atoms with van der Waals surface area (Å²) < 4.78 is 21.8. The van der Waals surface area contributed by atoms with Crippen molar-refractivity contribution in [3.63, 3.8) is 0 Å². The summed E-state index contributed by atoms with van der Waals surface area (Å²) in [6, 6.07) is 11.7. The number of methoxy groups -OCH3 is 3. The van der Waals surface area contributed by atoms with Gasteiger partial charge in [-0.3, -0.25) is 0 Å². The molecule has 0 radical (unpaired) electrons. The van der Waals surface area contributed by atoms with E-state index >= 15 is 0 Å². The second-order valence-corrected chi connectivity index (χ2v) is 4.93. The highest BCUT2D eigenvalue weighted by molar-refractivity contribution is 5.52. The zero-order valence-electron chi connectivity index (χ0n) is 13.8. The van der Waals surface area contributed by atoms with Gasteiger partial charge in [-0.05, 0) is 17.7 Å². The summed E-state index contributed by atoms with van der Waals surface area (Å²) in [7, 11) is 4.90. The third-order valence-corrected chi connectivity index (χ3v) is 3.46. The Morgan fingerprint density at radius 3 is 2.17 bits per heavy atom. The van der Waals surface area contributed by atoms with Crippen LogP contribution in [-0.2, 0) is 6.42 Å². The fraction of sp³-hybridized carbons (Fsp3) is 0.263. The maximum atomic E-state index is 5.58. The van der Waals surface area contributed by atoms with Gasteiger partial charge in [0.05, 0.1) is 21.3 Å². The van der Waals surface area contributed by atoms with Gasteiger partial charge >= 0.3 is 0 Å². The first-order chi connectivity index (χ1) is 11.2. The molecule has 0 aliphatic rings. The zero-order valence-corrected chi connectivity index (χ0v) is 13.8. The Labute approximate surface area is 137 Å². The van der Waals surface area contributed by atoms with E-state index in [1.165, 1.54) is 0 Å². The average molecular weight is 314 g/mol. The molecule has 122 valence electrons. The summed E-state index contributed by atoms with van der Waals surface area (Å²) in [5, 5.41) is 0. The van der Waals surface area contributed by atoms with Gasteiger partial charge in [0.2, 0.25) is 0 Å². The topological polar surface area (TPSA) is 36.9 Å². The monoisotopic (exact) mass is 314 g/mol. The van der Waals surface area contributed by atoms with Crippen LogP contribution in [0, 0.1) is 0 Å². The number of rotatable bonds is 8. The van der Waals surface area contributed by atoms with Crippen molar-refractivity contribution in [2.24, 2.45) is 0 Å². The van der Waals surface area contributed by atoms with Crippen LogP contribution in [0.1, 0.15) is 11.1 Å². The molecule has 0 aromatic heterocycles. The van der Waals surface area contributed by atoms with E-state index in [1.807, 2.05) is 36.4 Å². The molecule has 2 aromatic carbocycles. The van der Waals surface area contributed by atoms with Gasteiger partial charge in [0.1, 0.15) is 29.6 Å². The molecule has 4 heteroatoms. The van der Waals surface area contributed by atoms with Gasteiger partial charge in [0.25, 0.3) is 0 Å². The third-order valence-electron chi connectivity index (χ3n) is 3.46. The second kappa shape index (κ2) is 8.13. The van der Waals surface area contributed by atoms with E-state index in [1.54, 1.807) is 27.4 Å². The fourth-order valence-electron chi connectivity index (χ4n) is 2.36. The molecule has 0 amide bonds. The maximum absolute atomic E-state index is 5.58. The van der Waals surface area contributed by atoms with Gasteiger partial charge in [-0.2, -0.15) is 0 Å². The van der Waals surface area contributed by atoms with Crippen molar-refractivity contribution >= 4 is 0 Å². The lowest BCUT2D eigenvalue weighted by molar-refractivity contribution is 0.362. The maximum Gasteiger partial charge on any atom is 0.129 e. The average Bonchev–Trinajstić information content (AvgIpc) is 2.60. The highest BCUT2D eigenvalue weighted by atomic mass is 16.5. The Morgan fingerprint density at radius 1 is 0.913 bits per heavy atom. The van der Waals surface area contributed by atoms with Crippen LogP contribution in [0.25, 0.3) is 0 Å². The Bertz CT molecular complexity index is 639. The number of hydrogen-bond donors (Lipinski definition) is 0. The smallest absolute Gasteiger partial charge is 0.129 e. The molecule has 0 unspecified atom stereocenters. The van der Waals surface area contributed by atoms with Crippen LogP contribution in [0.4, 0.5) is 0 Å². The van der Waals surface area contributed by atoms with E-state index in [0.29, 0.717) is 18.8 Å². The molecule has 0 heterocycles. The molecule has 0 saturated carbocycles. The van der Waals surface area contributed by atoms with E-state index in [2.05, 4.69) is 6.58 Å². The van der Waals surface area contributed by atoms with Gasteiger partial charge in [0.15, 0.2) is 0 Å². The minimum atomic E-state index is 0.485. The summed E-state index contributed by atoms with van der Waals surface area (Å²) in [6.45, 7) is 4.14. The summed E-state index contributed by atoms with van der Waals surface area (Å²) in [5.74, 6) is 2.98. The van der Waals surface area contributed by atoms with E-state index in [4.69, 9.17) is 18.9 Å². The lowest BCUT2D eigenvalue weighted by Gasteiger charge is -2.15. The molecule has 0 aliphatic heterocycles. The van der Waals surface area contributed by atoms with Crippen LogP contribution in [0.3, 0.4) is 0 Å². The van der Waals surface area contributed by atoms with Gasteiger partial charge in [-0.25, -0.2) is 0 Å². The summed E-state index contributed by atoms with van der Waals surface area (Å²) >= 11 is 0. The Kier molecular flexibility index (Phi) is 5.92. The van der Waals surface area contributed by atoms with Crippen molar-refractivity contribution in [1.82, 2.24) is 0 Å². The quantitative estimate of drug-likeness (QED) is 0.693. The van der Waals surface area contributed by atoms with Crippen molar-refractivity contribution in [3.05, 3.63) is 60.2 Å². The summed E-state index contributed by atoms with van der Waals surface area (Å²) in [5.41, 5.74) is 2.07. The van der Waals surface area contributed by atoms with Crippen molar-refractivity contribution in [2.75, 3.05) is 27.9 Å². The lowest BCUT2D eigenvalue weighted by atomic mass is 10.0. The van der Waals surface area contributed by atoms with Crippen molar-refractivity contribution < 1.29 is 18.9 Å². The molecule has 0 saturated heterocycles. The molecule has 23 heavy (non-hydrogen) atoms. The Morgan fingerprint density at radius 2 is 1.61 bits per heavy atom. The molecule has 0 fully saturated rings. The molecule has 0 atom stereocenters. The first kappa shape index (κ1) is 16.7. The lowest BCUT2D eigenvalue weighted by Crippen LogP contribution is -2.00. The van der Waals surface area contributed by atoms with Crippen molar-refractivity contribution in [1.29, 1.82) is 0 Å². The predicted molar refractivity (Wildman–Crippen MR) is 91.0 cm³/mol. The SMILES string of the molecule is C=CCOc1cccc(Cc2c(OC)cc(OC)cc2OC)c1. The Balaban J connectivity index is 2.33. The standard InChI is InChI=1S/C19H22O4/c1-5-9-23-15-8-6-7-14(10-15)11-17-18(21-3)12-16(20-2)13-19(17)22-4/h5-8,10,12-13H,1,9,11H2,2-4H3. The fourth-order valence-corrected chi connectivity index (χ4v) is 2.36. The molecule has 4 nitrogen and oxygen atoms in total. The van der Waals surface area contributed by atoms with Crippen molar-refractivity contribution in [2.45, 2.75) is 6.42 Å². The van der Waals surface area contributed by atoms with Crippen LogP contribution < -0.4 is 18.9 Å². The van der Waals surface area contributed by atoms with Crippen LogP contribution in [0.5, 0.6) is 23.0 Å². The van der Waals surface area contributed by atoms with Gasteiger partial charge in [-0.15, -0.1) is 0 Å². The van der Waals surface area contributed by atoms with Crippen LogP contribution in [-0.4, -0.2) is 27.9 Å². The first-order valence-electron chi connectivity index (χ1n) is 7.33. The molecule has 0 spiro atoms. The first-order valence-corrected chi connectivity index (χ1v) is 7.33. The van der Waals surface area contributed by atoms with E-state index < -0.39 is 0 Å². The molecular weight excluding hydrogens is 292 g/mol.